The summed E-state index contributed by atoms with van der Waals surface area (Å²) in [6, 6.07) is 3.30. The van der Waals surface area contributed by atoms with Crippen LogP contribution in [0.15, 0.2) is 27.4 Å². The van der Waals surface area contributed by atoms with Crippen molar-refractivity contribution in [1.82, 2.24) is 4.98 Å². The van der Waals surface area contributed by atoms with Gasteiger partial charge in [0, 0.05) is 10.3 Å². The highest BCUT2D eigenvalue weighted by atomic mass is 32.2. The molecule has 0 saturated heterocycles. The molecule has 0 fully saturated rings. The minimum Gasteiger partial charge on any atom is -0.496 e. The molecule has 3 N–H and O–H groups in total. The highest BCUT2D eigenvalue weighted by molar-refractivity contribution is 7.99. The highest BCUT2D eigenvalue weighted by Gasteiger charge is 2.15. The first-order valence-corrected chi connectivity index (χ1v) is 7.01. The number of hydrogen-bond acceptors (Lipinski definition) is 6. The van der Waals surface area contributed by atoms with Crippen molar-refractivity contribution in [2.45, 2.75) is 16.8 Å². The van der Waals surface area contributed by atoms with E-state index in [0.717, 1.165) is 15.5 Å². The molecular formula is C12H12N2O3S2. The summed E-state index contributed by atoms with van der Waals surface area (Å²) < 4.78 is 5.07. The number of ether oxygens (including phenoxy) is 1. The van der Waals surface area contributed by atoms with Crippen LogP contribution in [0.5, 0.6) is 5.75 Å². The molecule has 0 spiro atoms. The zero-order valence-electron chi connectivity index (χ0n) is 10.3. The quantitative estimate of drug-likeness (QED) is 0.902. The Hall–Kier alpha value is -1.73. The molecule has 0 amide bonds. The largest absolute Gasteiger partial charge is 0.496 e. The zero-order chi connectivity index (χ0) is 14.0. The predicted molar refractivity (Wildman–Crippen MR) is 75.3 cm³/mol. The first-order chi connectivity index (χ1) is 9.01. The van der Waals surface area contributed by atoms with E-state index in [-0.39, 0.29) is 5.56 Å². The van der Waals surface area contributed by atoms with Crippen LogP contribution in [0, 0.1) is 6.92 Å². The van der Waals surface area contributed by atoms with Gasteiger partial charge in [-0.15, -0.1) is 11.3 Å². The molecule has 0 bridgehead atoms. The molecule has 0 aliphatic heterocycles. The van der Waals surface area contributed by atoms with Gasteiger partial charge in [-0.05, 0) is 24.6 Å². The second kappa shape index (κ2) is 5.50. The molecule has 100 valence electrons. The molecule has 1 heterocycles. The van der Waals surface area contributed by atoms with Crippen LogP contribution in [0.2, 0.25) is 0 Å². The Balaban J connectivity index is 2.40. The number of thiazole rings is 1. The molecule has 5 nitrogen and oxygen atoms in total. The van der Waals surface area contributed by atoms with Gasteiger partial charge in [-0.25, -0.2) is 9.78 Å². The van der Waals surface area contributed by atoms with Crippen molar-refractivity contribution in [3.63, 3.8) is 0 Å². The van der Waals surface area contributed by atoms with Gasteiger partial charge in [-0.1, -0.05) is 11.8 Å². The number of nitrogen functional groups attached to an aromatic ring is 1. The highest BCUT2D eigenvalue weighted by Crippen LogP contribution is 2.35. The minimum absolute atomic E-state index is 0.138. The molecule has 19 heavy (non-hydrogen) atoms. The van der Waals surface area contributed by atoms with E-state index in [0.29, 0.717) is 10.9 Å². The number of aromatic nitrogens is 1. The molecule has 1 aromatic heterocycles. The Morgan fingerprint density at radius 1 is 1.53 bits per heavy atom. The van der Waals surface area contributed by atoms with Crippen molar-refractivity contribution in [2.24, 2.45) is 0 Å². The summed E-state index contributed by atoms with van der Waals surface area (Å²) in [4.78, 5) is 16.1. The lowest BCUT2D eigenvalue weighted by molar-refractivity contribution is 0.0693. The third-order valence-corrected chi connectivity index (χ3v) is 4.34. The van der Waals surface area contributed by atoms with Crippen molar-refractivity contribution >= 4 is 34.2 Å². The van der Waals surface area contributed by atoms with E-state index in [1.807, 2.05) is 12.3 Å². The number of aryl methyl sites for hydroxylation is 1. The van der Waals surface area contributed by atoms with Crippen LogP contribution < -0.4 is 10.5 Å². The van der Waals surface area contributed by atoms with E-state index >= 15 is 0 Å². The minimum atomic E-state index is -1.02. The van der Waals surface area contributed by atoms with Gasteiger partial charge in [0.25, 0.3) is 0 Å². The third kappa shape index (κ3) is 2.99. The summed E-state index contributed by atoms with van der Waals surface area (Å²) in [6.45, 7) is 1.90. The van der Waals surface area contributed by atoms with E-state index in [1.165, 1.54) is 30.2 Å². The van der Waals surface area contributed by atoms with Gasteiger partial charge in [-0.3, -0.25) is 0 Å². The molecule has 1 aromatic carbocycles. The first kappa shape index (κ1) is 13.7. The molecule has 2 rings (SSSR count). The van der Waals surface area contributed by atoms with Crippen LogP contribution in [-0.4, -0.2) is 23.2 Å². The number of hydrogen-bond donors (Lipinski definition) is 2. The lowest BCUT2D eigenvalue weighted by atomic mass is 10.1. The summed E-state index contributed by atoms with van der Waals surface area (Å²) >= 11 is 2.74. The number of anilines is 1. The fourth-order valence-corrected chi connectivity index (χ4v) is 3.13. The SMILES string of the molecule is COc1cc(C)c(Sc2csc(N)n2)cc1C(=O)O. The molecule has 0 saturated carbocycles. The lowest BCUT2D eigenvalue weighted by Gasteiger charge is -2.10. The average Bonchev–Trinajstić information content (AvgIpc) is 2.76. The lowest BCUT2D eigenvalue weighted by Crippen LogP contribution is -2.01. The smallest absolute Gasteiger partial charge is 0.339 e. The number of carboxylic acids is 1. The molecule has 0 radical (unpaired) electrons. The van der Waals surface area contributed by atoms with Crippen LogP contribution in [0.25, 0.3) is 0 Å². The standard InChI is InChI=1S/C12H12N2O3S2/c1-6-3-8(17-2)7(11(15)16)4-9(6)19-10-5-18-12(13)14-10/h3-5H,1-2H3,(H2,13,14)(H,15,16). The fraction of sp³-hybridized carbons (Fsp3) is 0.167. The number of nitrogens with zero attached hydrogens (tertiary/aromatic N) is 1. The van der Waals surface area contributed by atoms with Crippen molar-refractivity contribution in [1.29, 1.82) is 0 Å². The molecule has 0 unspecified atom stereocenters. The van der Waals surface area contributed by atoms with Gasteiger partial charge in [0.15, 0.2) is 5.13 Å². The Labute approximate surface area is 118 Å². The number of benzene rings is 1. The van der Waals surface area contributed by atoms with Gasteiger partial charge >= 0.3 is 5.97 Å². The van der Waals surface area contributed by atoms with E-state index in [1.54, 1.807) is 12.1 Å². The molecule has 0 atom stereocenters. The summed E-state index contributed by atoms with van der Waals surface area (Å²) in [5.41, 5.74) is 6.64. The second-order valence-corrected chi connectivity index (χ2v) is 5.70. The van der Waals surface area contributed by atoms with Crippen LogP contribution in [0.3, 0.4) is 0 Å². The first-order valence-electron chi connectivity index (χ1n) is 5.32. The van der Waals surface area contributed by atoms with Crippen molar-refractivity contribution in [3.05, 3.63) is 28.6 Å². The number of carbonyl (C=O) groups is 1. The number of nitrogens with two attached hydrogens (primary N) is 1. The van der Waals surface area contributed by atoms with E-state index < -0.39 is 5.97 Å². The molecule has 2 aromatic rings. The van der Waals surface area contributed by atoms with Crippen LogP contribution in [0.1, 0.15) is 15.9 Å². The Bertz CT molecular complexity index is 625. The summed E-state index contributed by atoms with van der Waals surface area (Å²) in [6.07, 6.45) is 0. The van der Waals surface area contributed by atoms with Gasteiger partial charge in [-0.2, -0.15) is 0 Å². The maximum Gasteiger partial charge on any atom is 0.339 e. The topological polar surface area (TPSA) is 85.4 Å². The maximum atomic E-state index is 11.2. The third-order valence-electron chi connectivity index (χ3n) is 2.44. The van der Waals surface area contributed by atoms with Gasteiger partial charge in [0.05, 0.1) is 7.11 Å². The Kier molecular flexibility index (Phi) is 3.96. The summed E-state index contributed by atoms with van der Waals surface area (Å²) in [5.74, 6) is -0.663. The number of rotatable bonds is 4. The zero-order valence-corrected chi connectivity index (χ0v) is 12.0. The van der Waals surface area contributed by atoms with Crippen molar-refractivity contribution in [2.75, 3.05) is 12.8 Å². The van der Waals surface area contributed by atoms with Crippen LogP contribution in [-0.2, 0) is 0 Å². The Morgan fingerprint density at radius 3 is 2.79 bits per heavy atom. The van der Waals surface area contributed by atoms with Crippen LogP contribution >= 0.6 is 23.1 Å². The van der Waals surface area contributed by atoms with Gasteiger partial charge in [0.2, 0.25) is 0 Å². The van der Waals surface area contributed by atoms with Crippen LogP contribution in [0.4, 0.5) is 5.13 Å². The van der Waals surface area contributed by atoms with E-state index in [4.69, 9.17) is 15.6 Å². The molecule has 0 aliphatic carbocycles. The van der Waals surface area contributed by atoms with Gasteiger partial charge < -0.3 is 15.6 Å². The normalized spacial score (nSPS) is 10.4. The molecule has 7 heteroatoms. The summed E-state index contributed by atoms with van der Waals surface area (Å²) in [7, 11) is 1.45. The number of carboxylic acid groups (broad SMARTS) is 1. The monoisotopic (exact) mass is 296 g/mol. The summed E-state index contributed by atoms with van der Waals surface area (Å²) in [5, 5.41) is 12.2. The van der Waals surface area contributed by atoms with Gasteiger partial charge in [0.1, 0.15) is 16.3 Å². The Morgan fingerprint density at radius 2 is 2.26 bits per heavy atom. The van der Waals surface area contributed by atoms with Crippen molar-refractivity contribution in [3.8, 4) is 5.75 Å². The van der Waals surface area contributed by atoms with E-state index in [2.05, 4.69) is 4.98 Å². The molecular weight excluding hydrogens is 284 g/mol. The number of aromatic carboxylic acids is 1. The maximum absolute atomic E-state index is 11.2. The average molecular weight is 296 g/mol. The fourth-order valence-electron chi connectivity index (χ4n) is 1.54. The van der Waals surface area contributed by atoms with Crippen molar-refractivity contribution < 1.29 is 14.6 Å². The molecule has 0 aliphatic rings. The van der Waals surface area contributed by atoms with E-state index in [9.17, 15) is 4.79 Å². The number of methoxy groups -OCH3 is 1. The predicted octanol–water partition coefficient (Wildman–Crippen LogP) is 2.89. The second-order valence-electron chi connectivity index (χ2n) is 3.75.